The first kappa shape index (κ1) is 60.3. The maximum atomic E-state index is 3.41. The van der Waals surface area contributed by atoms with Crippen LogP contribution in [0.1, 0.15) is 0 Å². The van der Waals surface area contributed by atoms with E-state index in [4.69, 9.17) is 0 Å². The second-order valence-electron chi connectivity index (χ2n) is 22.3. The van der Waals surface area contributed by atoms with E-state index in [1.54, 1.807) is 0 Å². The summed E-state index contributed by atoms with van der Waals surface area (Å²) in [5, 5.41) is 14.8. The van der Waals surface area contributed by atoms with Crippen molar-refractivity contribution in [3.63, 3.8) is 0 Å². The number of hydrogen-bond donors (Lipinski definition) is 2. The number of nitrogens with zero attached hydrogens (tertiary/aromatic N) is 2. The molecule has 3 heterocycles. The Morgan fingerprint density at radius 2 is 0.495 bits per heavy atom. The fraction of sp³-hybridized carbons (Fsp3) is 0. The molecule has 3 aromatic heterocycles. The minimum Gasteiger partial charge on any atom is -0.356 e. The number of halogens is 1. The van der Waals surface area contributed by atoms with E-state index < -0.39 is 0 Å². The van der Waals surface area contributed by atoms with Gasteiger partial charge in [0.05, 0.1) is 20.8 Å². The summed E-state index contributed by atoms with van der Waals surface area (Å²) in [7, 11) is 0. The second kappa shape index (κ2) is 27.7. The van der Waals surface area contributed by atoms with E-state index in [0.29, 0.717) is 0 Å². The minimum atomic E-state index is 0. The fourth-order valence-corrected chi connectivity index (χ4v) is 16.4. The van der Waals surface area contributed by atoms with Gasteiger partial charge in [0.15, 0.2) is 0 Å². The first-order valence-electron chi connectivity index (χ1n) is 30.6. The molecule has 0 fully saturated rings. The van der Waals surface area contributed by atoms with Crippen LogP contribution >= 0.6 is 56.6 Å². The van der Waals surface area contributed by atoms with E-state index in [2.05, 4.69) is 352 Å². The normalized spacial score (nSPS) is 11.0. The highest BCUT2D eigenvalue weighted by Gasteiger charge is 2.20. The molecule has 9 heteroatoms. The van der Waals surface area contributed by atoms with Gasteiger partial charge in [0.25, 0.3) is 0 Å². The molecule has 93 heavy (non-hydrogen) atoms. The van der Waals surface area contributed by atoms with Crippen LogP contribution in [0.3, 0.4) is 0 Å². The zero-order valence-corrected chi connectivity index (χ0v) is 54.5. The number of benzene rings is 14. The molecule has 17 aromatic rings. The summed E-state index contributed by atoms with van der Waals surface area (Å²) < 4.78 is 9.34. The highest BCUT2D eigenvalue weighted by atomic mass is 127. The Balaban J connectivity index is 0.000000150. The van der Waals surface area contributed by atoms with Gasteiger partial charge in [-0.15, -0.1) is 34.0 Å². The van der Waals surface area contributed by atoms with Crippen LogP contribution in [0.25, 0.3) is 82.8 Å². The van der Waals surface area contributed by atoms with E-state index in [1.165, 1.54) is 97.7 Å². The highest BCUT2D eigenvalue weighted by molar-refractivity contribution is 14.1. The number of para-hydroxylation sites is 4. The molecule has 2 N–H and O–H groups in total. The van der Waals surface area contributed by atoms with Crippen LogP contribution in [0.2, 0.25) is 0 Å². The van der Waals surface area contributed by atoms with Crippen molar-refractivity contribution in [3.05, 3.63) is 349 Å². The third-order valence-corrected chi connectivity index (χ3v) is 21.3. The molecule has 448 valence electrons. The van der Waals surface area contributed by atoms with Crippen molar-refractivity contribution in [3.8, 4) is 22.3 Å². The zero-order chi connectivity index (χ0) is 61.6. The minimum absolute atomic E-state index is 0. The molecule has 0 aliphatic heterocycles. The molecule has 0 radical (unpaired) electrons. The molecule has 0 saturated carbocycles. The topological polar surface area (TPSA) is 30.5 Å². The first-order valence-corrected chi connectivity index (χ1v) is 34.2. The van der Waals surface area contributed by atoms with Gasteiger partial charge in [-0.1, -0.05) is 221 Å². The van der Waals surface area contributed by atoms with Crippen LogP contribution < -0.4 is 20.4 Å². The monoisotopic (exact) mass is 1360 g/mol. The van der Waals surface area contributed by atoms with Crippen molar-refractivity contribution in [1.82, 2.24) is 0 Å². The molecular weight excluding hydrogens is 1300 g/mol. The van der Waals surface area contributed by atoms with E-state index >= 15 is 0 Å². The largest absolute Gasteiger partial charge is 0.356 e. The molecule has 0 atom stereocenters. The molecular formula is C84H63BIN4S3-. The lowest BCUT2D eigenvalue weighted by Gasteiger charge is -2.26. The van der Waals surface area contributed by atoms with E-state index in [0.717, 1.165) is 45.5 Å². The molecule has 4 nitrogen and oxygen atoms in total. The third kappa shape index (κ3) is 12.9. The van der Waals surface area contributed by atoms with Gasteiger partial charge in [-0.2, -0.15) is 0 Å². The van der Waals surface area contributed by atoms with Gasteiger partial charge in [-0.05, 0) is 178 Å². The Kier molecular flexibility index (Phi) is 17.9. The van der Waals surface area contributed by atoms with Gasteiger partial charge < -0.3 is 20.4 Å². The van der Waals surface area contributed by atoms with Crippen molar-refractivity contribution in [2.75, 3.05) is 20.4 Å². The summed E-state index contributed by atoms with van der Waals surface area (Å²) >= 11 is 8.01. The van der Waals surface area contributed by atoms with Crippen LogP contribution in [0.5, 0.6) is 0 Å². The van der Waals surface area contributed by atoms with Crippen LogP contribution in [-0.4, -0.2) is 8.41 Å². The smallest absolute Gasteiger partial charge is 0.0640 e. The third-order valence-electron chi connectivity index (χ3n) is 16.4. The van der Waals surface area contributed by atoms with Crippen LogP contribution in [-0.2, 0) is 0 Å². The maximum Gasteiger partial charge on any atom is 0.0640 e. The Morgan fingerprint density at radius 3 is 0.871 bits per heavy atom. The number of rotatable bonds is 12. The van der Waals surface area contributed by atoms with Crippen LogP contribution in [0.4, 0.5) is 56.9 Å². The average Bonchev–Trinajstić information content (AvgIpc) is 1.70. The number of fused-ring (bicyclic) bond motifs is 9. The molecule has 0 amide bonds. The van der Waals surface area contributed by atoms with E-state index in [9.17, 15) is 0 Å². The predicted octanol–water partition coefficient (Wildman–Crippen LogP) is 25.1. The van der Waals surface area contributed by atoms with Crippen LogP contribution in [0.15, 0.2) is 346 Å². The summed E-state index contributed by atoms with van der Waals surface area (Å²) in [6.07, 6.45) is 0. The Hall–Kier alpha value is -10.3. The standard InChI is InChI=1S/C48H32N2S2.C24H20N2.C12H7IS.BH4/c1-3-13-35(14-4-1)49(43-21-11-19-41-39-17-7-9-23-45(39)51-47(41)43)37-29-25-33(26-30-37)34-27-31-38(32-28-34)50(36-15-5-2-6-16-36)44-22-12-20-42-40-18-8-10-24-46(40)52-48(42)44;1-3-7-21(8-4-1)25-23-15-11-19(12-16-23)20-13-17-24(18-14-20)26-22-9-5-2-6-10-22;13-10-6-3-5-9-8-4-1-2-7-11(8)14-12(9)10;/h1-32H;1-18,25-26H;1-7H;1H4/q;;;-1. The molecule has 0 aliphatic rings. The van der Waals surface area contributed by atoms with Crippen molar-refractivity contribution >= 4 is 182 Å². The second-order valence-corrected chi connectivity index (χ2v) is 26.6. The van der Waals surface area contributed by atoms with E-state index in [-0.39, 0.29) is 8.41 Å². The first-order chi connectivity index (χ1) is 45.5. The predicted molar refractivity (Wildman–Crippen MR) is 422 cm³/mol. The summed E-state index contributed by atoms with van der Waals surface area (Å²) in [5.74, 6) is 0. The Bertz CT molecular complexity index is 5050. The van der Waals surface area contributed by atoms with Gasteiger partial charge in [0.2, 0.25) is 0 Å². The number of nitrogens with one attached hydrogen (secondary N) is 2. The number of thiophene rings is 3. The van der Waals surface area contributed by atoms with Crippen LogP contribution in [0, 0.1) is 3.57 Å². The highest BCUT2D eigenvalue weighted by Crippen LogP contribution is 2.47. The molecule has 0 saturated heterocycles. The van der Waals surface area contributed by atoms with Gasteiger partial charge in [-0.3, -0.25) is 0 Å². The SMILES string of the molecule is Ic1cccc2c1sc1ccccc12.[BH4-].c1ccc(N(c2ccc(-c3ccc(N(c4ccccc4)c4cccc5c4sc4ccccc45)cc3)cc2)c2cccc3c2sc2ccccc23)cc1.c1ccc(Nc2ccc(-c3ccc(Nc4ccccc4)cc3)cc2)cc1. The van der Waals surface area contributed by atoms with Gasteiger partial charge in [-0.25, -0.2) is 0 Å². The van der Waals surface area contributed by atoms with Crippen molar-refractivity contribution in [1.29, 1.82) is 0 Å². The average molecular weight is 1360 g/mol. The van der Waals surface area contributed by atoms with Gasteiger partial charge >= 0.3 is 0 Å². The summed E-state index contributed by atoms with van der Waals surface area (Å²) in [6, 6.07) is 123. The fourth-order valence-electron chi connectivity index (χ4n) is 12.0. The molecule has 0 unspecified atom stereocenters. The Morgan fingerprint density at radius 1 is 0.226 bits per heavy atom. The lowest BCUT2D eigenvalue weighted by molar-refractivity contribution is 1.30. The summed E-state index contributed by atoms with van der Waals surface area (Å²) in [6.45, 7) is 0. The van der Waals surface area contributed by atoms with Gasteiger partial charge in [0, 0.05) is 100 Å². The molecule has 14 aromatic carbocycles. The summed E-state index contributed by atoms with van der Waals surface area (Å²) in [5.41, 5.74) is 16.0. The van der Waals surface area contributed by atoms with Crippen molar-refractivity contribution in [2.45, 2.75) is 0 Å². The molecule has 0 aliphatic carbocycles. The molecule has 0 bridgehead atoms. The van der Waals surface area contributed by atoms with Gasteiger partial charge in [0.1, 0.15) is 0 Å². The maximum absolute atomic E-state index is 3.41. The lowest BCUT2D eigenvalue weighted by Crippen LogP contribution is -2.10. The van der Waals surface area contributed by atoms with Crippen molar-refractivity contribution in [2.24, 2.45) is 0 Å². The number of anilines is 10. The molecule has 17 rings (SSSR count). The lowest BCUT2D eigenvalue weighted by atomic mass is 10.0. The summed E-state index contributed by atoms with van der Waals surface area (Å²) in [4.78, 5) is 4.77. The van der Waals surface area contributed by atoms with E-state index in [1.807, 2.05) is 70.4 Å². The molecule has 0 spiro atoms. The number of hydrogen-bond acceptors (Lipinski definition) is 7. The quantitative estimate of drug-likeness (QED) is 0.0943. The zero-order valence-electron chi connectivity index (χ0n) is 49.9. The Labute approximate surface area is 569 Å². The van der Waals surface area contributed by atoms with Crippen molar-refractivity contribution < 1.29 is 0 Å².